The van der Waals surface area contributed by atoms with Crippen molar-refractivity contribution in [2.24, 2.45) is 0 Å². The molecule has 1 unspecified atom stereocenters. The van der Waals surface area contributed by atoms with Gasteiger partial charge in [0, 0.05) is 24.2 Å². The maximum Gasteiger partial charge on any atom is 0.253 e. The largest absolute Gasteiger partial charge is 0.396 e. The van der Waals surface area contributed by atoms with E-state index in [1.54, 1.807) is 6.20 Å². The van der Waals surface area contributed by atoms with E-state index in [9.17, 15) is 4.79 Å². The first-order valence-corrected chi connectivity index (χ1v) is 7.92. The van der Waals surface area contributed by atoms with Gasteiger partial charge in [0.15, 0.2) is 0 Å². The molecule has 1 heterocycles. The quantitative estimate of drug-likeness (QED) is 0.711. The molecule has 4 nitrogen and oxygen atoms in total. The molecule has 1 aromatic heterocycles. The number of carbonyl (C=O) groups excluding carboxylic acids is 1. The summed E-state index contributed by atoms with van der Waals surface area (Å²) in [6, 6.07) is 13.7. The smallest absolute Gasteiger partial charge is 0.253 e. The van der Waals surface area contributed by atoms with Crippen molar-refractivity contribution in [3.8, 4) is 0 Å². The first-order valence-electron chi connectivity index (χ1n) is 7.92. The molecule has 2 N–H and O–H groups in total. The second-order valence-electron chi connectivity index (χ2n) is 5.64. The molecule has 4 heteroatoms. The highest BCUT2D eigenvalue weighted by atomic mass is 16.3. The molecule has 3 rings (SSSR count). The normalized spacial score (nSPS) is 12.4. The van der Waals surface area contributed by atoms with Crippen LogP contribution in [0.25, 0.3) is 21.7 Å². The summed E-state index contributed by atoms with van der Waals surface area (Å²) in [5, 5.41) is 15.2. The molecule has 2 aromatic carbocycles. The van der Waals surface area contributed by atoms with E-state index in [1.165, 1.54) is 0 Å². The van der Waals surface area contributed by atoms with Gasteiger partial charge in [-0.3, -0.25) is 9.78 Å². The molecule has 0 spiro atoms. The van der Waals surface area contributed by atoms with Crippen LogP contribution in [0.2, 0.25) is 0 Å². The summed E-state index contributed by atoms with van der Waals surface area (Å²) in [7, 11) is 0. The van der Waals surface area contributed by atoms with Crippen molar-refractivity contribution < 1.29 is 9.90 Å². The number of amides is 1. The number of rotatable bonds is 5. The number of hydrogen-bond acceptors (Lipinski definition) is 3. The molecule has 118 valence electrons. The summed E-state index contributed by atoms with van der Waals surface area (Å²) in [4.78, 5) is 17.1. The molecule has 0 bridgehead atoms. The van der Waals surface area contributed by atoms with Gasteiger partial charge in [0.1, 0.15) is 0 Å². The minimum absolute atomic E-state index is 0.0299. The van der Waals surface area contributed by atoms with Crippen LogP contribution in [-0.2, 0) is 0 Å². The lowest BCUT2D eigenvalue weighted by Crippen LogP contribution is -2.35. The van der Waals surface area contributed by atoms with Gasteiger partial charge in [0.25, 0.3) is 5.91 Å². The Balaban J connectivity index is 2.10. The fourth-order valence-electron chi connectivity index (χ4n) is 2.90. The third kappa shape index (κ3) is 3.03. The number of nitrogens with one attached hydrogen (secondary N) is 1. The molecule has 1 atom stereocenters. The highest BCUT2D eigenvalue weighted by molar-refractivity contribution is 6.15. The van der Waals surface area contributed by atoms with Crippen LogP contribution < -0.4 is 5.32 Å². The molecule has 23 heavy (non-hydrogen) atoms. The van der Waals surface area contributed by atoms with Crippen molar-refractivity contribution >= 4 is 27.6 Å². The predicted octanol–water partition coefficient (Wildman–Crippen LogP) is 3.28. The number of benzene rings is 2. The Labute approximate surface area is 135 Å². The zero-order valence-corrected chi connectivity index (χ0v) is 13.1. The highest BCUT2D eigenvalue weighted by Gasteiger charge is 2.16. The number of pyridine rings is 1. The second-order valence-corrected chi connectivity index (χ2v) is 5.64. The third-order valence-electron chi connectivity index (χ3n) is 4.16. The Morgan fingerprint density at radius 3 is 2.78 bits per heavy atom. The molecule has 0 fully saturated rings. The lowest BCUT2D eigenvalue weighted by molar-refractivity contribution is 0.0930. The van der Waals surface area contributed by atoms with Crippen LogP contribution in [0.4, 0.5) is 0 Å². The summed E-state index contributed by atoms with van der Waals surface area (Å²) >= 11 is 0. The number of aliphatic hydroxyl groups is 1. The van der Waals surface area contributed by atoms with Gasteiger partial charge in [-0.2, -0.15) is 0 Å². The zero-order valence-electron chi connectivity index (χ0n) is 13.1. The minimum atomic E-state index is -0.139. The van der Waals surface area contributed by atoms with E-state index < -0.39 is 0 Å². The fourth-order valence-corrected chi connectivity index (χ4v) is 2.90. The standard InChI is InChI=1S/C19H20N2O2/c1-2-14(9-11-22)21-19(23)17-12-13-6-3-4-7-15(13)16-8-5-10-20-18(16)17/h3-8,10,12,14,22H,2,9,11H2,1H3,(H,21,23). The van der Waals surface area contributed by atoms with Crippen molar-refractivity contribution in [1.82, 2.24) is 10.3 Å². The minimum Gasteiger partial charge on any atom is -0.396 e. The second kappa shape index (κ2) is 6.75. The Morgan fingerprint density at radius 2 is 2.00 bits per heavy atom. The number of nitrogens with zero attached hydrogens (tertiary/aromatic N) is 1. The van der Waals surface area contributed by atoms with Crippen molar-refractivity contribution in [3.63, 3.8) is 0 Å². The van der Waals surface area contributed by atoms with Gasteiger partial charge in [-0.15, -0.1) is 0 Å². The van der Waals surface area contributed by atoms with Crippen molar-refractivity contribution in [1.29, 1.82) is 0 Å². The molecule has 0 saturated heterocycles. The van der Waals surface area contributed by atoms with Gasteiger partial charge in [0.05, 0.1) is 11.1 Å². The highest BCUT2D eigenvalue weighted by Crippen LogP contribution is 2.27. The Morgan fingerprint density at radius 1 is 1.22 bits per heavy atom. The third-order valence-corrected chi connectivity index (χ3v) is 4.16. The lowest BCUT2D eigenvalue weighted by Gasteiger charge is -2.17. The lowest BCUT2D eigenvalue weighted by atomic mass is 10.00. The molecule has 0 radical (unpaired) electrons. The Bertz CT molecular complexity index is 845. The van der Waals surface area contributed by atoms with Gasteiger partial charge in [-0.05, 0) is 35.7 Å². The Hall–Kier alpha value is -2.46. The van der Waals surface area contributed by atoms with E-state index >= 15 is 0 Å². The molecular weight excluding hydrogens is 288 g/mol. The Kier molecular flexibility index (Phi) is 4.53. The van der Waals surface area contributed by atoms with E-state index in [4.69, 9.17) is 5.11 Å². The van der Waals surface area contributed by atoms with E-state index in [0.717, 1.165) is 22.6 Å². The molecular formula is C19H20N2O2. The van der Waals surface area contributed by atoms with Gasteiger partial charge in [-0.1, -0.05) is 37.3 Å². The number of carbonyl (C=O) groups is 1. The molecule has 0 saturated carbocycles. The van der Waals surface area contributed by atoms with E-state index in [2.05, 4.69) is 10.3 Å². The fraction of sp³-hybridized carbons (Fsp3) is 0.263. The summed E-state index contributed by atoms with van der Waals surface area (Å²) in [5.41, 5.74) is 1.29. The molecule has 0 aliphatic heterocycles. The van der Waals surface area contributed by atoms with Crippen LogP contribution in [-0.4, -0.2) is 28.6 Å². The topological polar surface area (TPSA) is 62.2 Å². The van der Waals surface area contributed by atoms with E-state index in [-0.39, 0.29) is 18.6 Å². The maximum absolute atomic E-state index is 12.7. The average Bonchev–Trinajstić information content (AvgIpc) is 2.60. The van der Waals surface area contributed by atoms with Crippen LogP contribution in [0.15, 0.2) is 48.7 Å². The van der Waals surface area contributed by atoms with Gasteiger partial charge in [0.2, 0.25) is 0 Å². The van der Waals surface area contributed by atoms with Gasteiger partial charge < -0.3 is 10.4 Å². The molecule has 1 amide bonds. The van der Waals surface area contributed by atoms with Crippen LogP contribution in [0, 0.1) is 0 Å². The van der Waals surface area contributed by atoms with Crippen molar-refractivity contribution in [2.45, 2.75) is 25.8 Å². The summed E-state index contributed by atoms with van der Waals surface area (Å²) < 4.78 is 0. The first kappa shape index (κ1) is 15.4. The average molecular weight is 308 g/mol. The van der Waals surface area contributed by atoms with Crippen molar-refractivity contribution in [2.75, 3.05) is 6.61 Å². The van der Waals surface area contributed by atoms with Crippen LogP contribution in [0.5, 0.6) is 0 Å². The predicted molar refractivity (Wildman–Crippen MR) is 92.5 cm³/mol. The first-order chi connectivity index (χ1) is 11.2. The number of aromatic nitrogens is 1. The van der Waals surface area contributed by atoms with Crippen LogP contribution in [0.3, 0.4) is 0 Å². The SMILES string of the molecule is CCC(CCO)NC(=O)c1cc2ccccc2c2cccnc12. The van der Waals surface area contributed by atoms with Gasteiger partial charge >= 0.3 is 0 Å². The monoisotopic (exact) mass is 308 g/mol. The van der Waals surface area contributed by atoms with Crippen LogP contribution in [0.1, 0.15) is 30.1 Å². The molecule has 3 aromatic rings. The number of fused-ring (bicyclic) bond motifs is 3. The molecule has 0 aliphatic rings. The van der Waals surface area contributed by atoms with E-state index in [1.807, 2.05) is 49.4 Å². The maximum atomic E-state index is 12.7. The summed E-state index contributed by atoms with van der Waals surface area (Å²) in [6.45, 7) is 2.06. The number of hydrogen-bond donors (Lipinski definition) is 2. The molecule has 0 aliphatic carbocycles. The van der Waals surface area contributed by atoms with Crippen LogP contribution >= 0.6 is 0 Å². The van der Waals surface area contributed by atoms with E-state index in [0.29, 0.717) is 17.5 Å². The summed E-state index contributed by atoms with van der Waals surface area (Å²) in [6.07, 6.45) is 3.05. The number of aliphatic hydroxyl groups excluding tert-OH is 1. The summed E-state index contributed by atoms with van der Waals surface area (Å²) in [5.74, 6) is -0.139. The zero-order chi connectivity index (χ0) is 16.2. The van der Waals surface area contributed by atoms with Crippen molar-refractivity contribution in [3.05, 3.63) is 54.2 Å². The van der Waals surface area contributed by atoms with Gasteiger partial charge in [-0.25, -0.2) is 0 Å².